The summed E-state index contributed by atoms with van der Waals surface area (Å²) in [5.74, 6) is -0.465. The van der Waals surface area contributed by atoms with Crippen LogP contribution in [0.2, 0.25) is 0 Å². The summed E-state index contributed by atoms with van der Waals surface area (Å²) >= 11 is 0. The van der Waals surface area contributed by atoms with Crippen molar-refractivity contribution in [3.63, 3.8) is 0 Å². The molecule has 174 valence electrons. The van der Waals surface area contributed by atoms with Crippen LogP contribution in [-0.2, 0) is 4.79 Å². The van der Waals surface area contributed by atoms with Crippen LogP contribution in [0.5, 0.6) is 0 Å². The van der Waals surface area contributed by atoms with Crippen molar-refractivity contribution in [1.29, 1.82) is 0 Å². The Morgan fingerprint density at radius 2 is 1.44 bits per heavy atom. The number of anilines is 1. The number of carbonyl (C=O) groups excluding carboxylic acids is 3. The zero-order chi connectivity index (χ0) is 23.8. The van der Waals surface area contributed by atoms with Crippen molar-refractivity contribution in [2.24, 2.45) is 0 Å². The van der Waals surface area contributed by atoms with E-state index in [4.69, 9.17) is 0 Å². The van der Waals surface area contributed by atoms with Crippen LogP contribution in [0.25, 0.3) is 10.8 Å². The molecule has 0 aromatic heterocycles. The van der Waals surface area contributed by atoms with Gasteiger partial charge in [0.1, 0.15) is 0 Å². The second-order valence-corrected chi connectivity index (χ2v) is 9.16. The third-order valence-corrected chi connectivity index (χ3v) is 7.18. The SMILES string of the molecule is Cc1cccc(N2CCN(C(=O)CCCN3C(=O)c4cccc5cccc(c45)C3=O)CC2)c1C. The highest BCUT2D eigenvalue weighted by atomic mass is 16.2. The lowest BCUT2D eigenvalue weighted by Crippen LogP contribution is -2.49. The molecular formula is C28H29N3O3. The highest BCUT2D eigenvalue weighted by Gasteiger charge is 2.32. The number of rotatable bonds is 5. The predicted molar refractivity (Wildman–Crippen MR) is 133 cm³/mol. The van der Waals surface area contributed by atoms with Crippen LogP contribution in [0, 0.1) is 13.8 Å². The molecule has 2 aliphatic rings. The van der Waals surface area contributed by atoms with Gasteiger partial charge in [0, 0.05) is 61.3 Å². The van der Waals surface area contributed by atoms with E-state index in [1.165, 1.54) is 21.7 Å². The molecule has 0 aliphatic carbocycles. The maximum Gasteiger partial charge on any atom is 0.261 e. The smallest absolute Gasteiger partial charge is 0.261 e. The molecule has 2 heterocycles. The summed E-state index contributed by atoms with van der Waals surface area (Å²) in [5, 5.41) is 1.63. The van der Waals surface area contributed by atoms with Crippen LogP contribution in [-0.4, -0.2) is 60.2 Å². The Morgan fingerprint density at radius 1 is 0.824 bits per heavy atom. The summed E-state index contributed by atoms with van der Waals surface area (Å²) in [7, 11) is 0. The molecule has 3 amide bonds. The average molecular weight is 456 g/mol. The lowest BCUT2D eigenvalue weighted by molar-refractivity contribution is -0.131. The summed E-state index contributed by atoms with van der Waals surface area (Å²) in [6, 6.07) is 17.4. The second-order valence-electron chi connectivity index (χ2n) is 9.16. The minimum atomic E-state index is -0.274. The molecular weight excluding hydrogens is 426 g/mol. The third kappa shape index (κ3) is 3.83. The highest BCUT2D eigenvalue weighted by molar-refractivity contribution is 6.25. The number of piperazine rings is 1. The first-order chi connectivity index (χ1) is 16.5. The van der Waals surface area contributed by atoms with E-state index in [-0.39, 0.29) is 24.3 Å². The van der Waals surface area contributed by atoms with E-state index in [0.717, 1.165) is 23.9 Å². The Bertz CT molecular complexity index is 1240. The fourth-order valence-corrected chi connectivity index (χ4v) is 5.10. The highest BCUT2D eigenvalue weighted by Crippen LogP contribution is 2.30. The quantitative estimate of drug-likeness (QED) is 0.542. The van der Waals surface area contributed by atoms with E-state index in [1.54, 1.807) is 12.1 Å². The molecule has 0 unspecified atom stereocenters. The molecule has 0 radical (unpaired) electrons. The molecule has 1 fully saturated rings. The van der Waals surface area contributed by atoms with E-state index in [1.807, 2.05) is 29.2 Å². The molecule has 3 aromatic carbocycles. The Kier molecular flexibility index (Phi) is 5.82. The molecule has 0 bridgehead atoms. The number of amides is 3. The lowest BCUT2D eigenvalue weighted by atomic mass is 9.94. The molecule has 34 heavy (non-hydrogen) atoms. The summed E-state index contributed by atoms with van der Waals surface area (Å²) in [6.07, 6.45) is 0.790. The van der Waals surface area contributed by atoms with Gasteiger partial charge in [0.15, 0.2) is 0 Å². The maximum atomic E-state index is 13.0. The molecule has 0 atom stereocenters. The first kappa shape index (κ1) is 22.1. The molecule has 0 spiro atoms. The average Bonchev–Trinajstić information content (AvgIpc) is 2.86. The van der Waals surface area contributed by atoms with Crippen molar-refractivity contribution in [1.82, 2.24) is 9.80 Å². The van der Waals surface area contributed by atoms with E-state index in [2.05, 4.69) is 36.9 Å². The van der Waals surface area contributed by atoms with Crippen LogP contribution in [0.15, 0.2) is 54.6 Å². The van der Waals surface area contributed by atoms with Gasteiger partial charge in [0.2, 0.25) is 5.91 Å². The number of hydrogen-bond acceptors (Lipinski definition) is 4. The van der Waals surface area contributed by atoms with Crippen LogP contribution in [0.4, 0.5) is 5.69 Å². The van der Waals surface area contributed by atoms with Crippen LogP contribution in [0.3, 0.4) is 0 Å². The van der Waals surface area contributed by atoms with Gasteiger partial charge in [-0.2, -0.15) is 0 Å². The molecule has 5 rings (SSSR count). The van der Waals surface area contributed by atoms with Gasteiger partial charge in [-0.25, -0.2) is 0 Å². The Balaban J connectivity index is 1.18. The van der Waals surface area contributed by atoms with Crippen molar-refractivity contribution in [2.75, 3.05) is 37.6 Å². The van der Waals surface area contributed by atoms with Crippen LogP contribution >= 0.6 is 0 Å². The number of benzene rings is 3. The number of imide groups is 1. The van der Waals surface area contributed by atoms with Gasteiger partial charge in [-0.1, -0.05) is 36.4 Å². The first-order valence-corrected chi connectivity index (χ1v) is 11.9. The molecule has 2 aliphatic heterocycles. The lowest BCUT2D eigenvalue weighted by Gasteiger charge is -2.37. The summed E-state index contributed by atoms with van der Waals surface area (Å²) in [4.78, 5) is 44.4. The van der Waals surface area contributed by atoms with E-state index in [9.17, 15) is 14.4 Å². The zero-order valence-corrected chi connectivity index (χ0v) is 19.7. The standard InChI is InChI=1S/C28H29N3O3/c1-19-7-3-12-24(20(19)2)29-15-17-30(18-16-29)25(32)13-6-14-31-27(33)22-10-4-8-21-9-5-11-23(26(21)22)28(31)34/h3-5,7-12H,6,13-18H2,1-2H3. The fraction of sp³-hybridized carbons (Fsp3) is 0.321. The van der Waals surface area contributed by atoms with Gasteiger partial charge in [-0.05, 0) is 55.0 Å². The Morgan fingerprint density at radius 3 is 2.09 bits per heavy atom. The zero-order valence-electron chi connectivity index (χ0n) is 19.7. The summed E-state index contributed by atoms with van der Waals surface area (Å²) < 4.78 is 0. The Labute approximate surface area is 199 Å². The van der Waals surface area contributed by atoms with Crippen molar-refractivity contribution < 1.29 is 14.4 Å². The Hall–Kier alpha value is -3.67. The number of aryl methyl sites for hydroxylation is 1. The first-order valence-electron chi connectivity index (χ1n) is 11.9. The largest absolute Gasteiger partial charge is 0.368 e. The van der Waals surface area contributed by atoms with Gasteiger partial charge >= 0.3 is 0 Å². The van der Waals surface area contributed by atoms with Crippen LogP contribution < -0.4 is 4.90 Å². The monoisotopic (exact) mass is 455 g/mol. The summed E-state index contributed by atoms with van der Waals surface area (Å²) in [5.41, 5.74) is 4.92. The van der Waals surface area contributed by atoms with E-state index < -0.39 is 0 Å². The van der Waals surface area contributed by atoms with Crippen LogP contribution in [0.1, 0.15) is 44.7 Å². The van der Waals surface area contributed by atoms with Gasteiger partial charge in [0.05, 0.1) is 0 Å². The fourth-order valence-electron chi connectivity index (χ4n) is 5.10. The van der Waals surface area contributed by atoms with E-state index >= 15 is 0 Å². The third-order valence-electron chi connectivity index (χ3n) is 7.18. The molecule has 6 nitrogen and oxygen atoms in total. The predicted octanol–water partition coefficient (Wildman–Crippen LogP) is 4.18. The molecule has 0 saturated carbocycles. The van der Waals surface area contributed by atoms with Gasteiger partial charge in [-0.3, -0.25) is 19.3 Å². The minimum Gasteiger partial charge on any atom is -0.368 e. The van der Waals surface area contributed by atoms with Gasteiger partial charge < -0.3 is 9.80 Å². The maximum absolute atomic E-state index is 13.0. The molecule has 3 aromatic rings. The van der Waals surface area contributed by atoms with Crippen molar-refractivity contribution in [3.8, 4) is 0 Å². The number of carbonyl (C=O) groups is 3. The van der Waals surface area contributed by atoms with Crippen molar-refractivity contribution in [3.05, 3.63) is 76.9 Å². The van der Waals surface area contributed by atoms with Gasteiger partial charge in [-0.15, -0.1) is 0 Å². The minimum absolute atomic E-state index is 0.0834. The summed E-state index contributed by atoms with van der Waals surface area (Å²) in [6.45, 7) is 7.49. The molecule has 6 heteroatoms. The molecule has 0 N–H and O–H groups in total. The normalized spacial score (nSPS) is 15.9. The van der Waals surface area contributed by atoms with Gasteiger partial charge in [0.25, 0.3) is 11.8 Å². The topological polar surface area (TPSA) is 60.9 Å². The van der Waals surface area contributed by atoms with Crippen molar-refractivity contribution >= 4 is 34.2 Å². The number of nitrogens with zero attached hydrogens (tertiary/aromatic N) is 3. The molecule has 1 saturated heterocycles. The second kappa shape index (κ2) is 8.93. The van der Waals surface area contributed by atoms with E-state index in [0.29, 0.717) is 37.1 Å². The van der Waals surface area contributed by atoms with Crippen molar-refractivity contribution in [2.45, 2.75) is 26.7 Å². The number of hydrogen-bond donors (Lipinski definition) is 0.